The summed E-state index contributed by atoms with van der Waals surface area (Å²) in [6, 6.07) is 4.32. The van der Waals surface area contributed by atoms with Crippen LogP contribution in [-0.4, -0.2) is 30.6 Å². The number of urea groups is 1. The summed E-state index contributed by atoms with van der Waals surface area (Å²) in [5.41, 5.74) is 5.99. The Morgan fingerprint density at radius 3 is 2.62 bits per heavy atom. The highest BCUT2D eigenvalue weighted by atomic mass is 19.1. The lowest BCUT2D eigenvalue weighted by Gasteiger charge is -2.20. The lowest BCUT2D eigenvalue weighted by atomic mass is 10.2. The first-order chi connectivity index (χ1) is 10.2. The first kappa shape index (κ1) is 15.3. The molecule has 4 nitrogen and oxygen atoms in total. The van der Waals surface area contributed by atoms with Gasteiger partial charge in [-0.05, 0) is 31.0 Å². The van der Waals surface area contributed by atoms with Gasteiger partial charge in [-0.15, -0.1) is 0 Å². The van der Waals surface area contributed by atoms with Crippen molar-refractivity contribution in [2.24, 2.45) is 5.73 Å². The minimum atomic E-state index is -0.454. The van der Waals surface area contributed by atoms with Crippen LogP contribution in [0.25, 0.3) is 0 Å². The second-order valence-electron chi connectivity index (χ2n) is 5.03. The highest BCUT2D eigenvalue weighted by Gasteiger charge is 2.15. The third-order valence-corrected chi connectivity index (χ3v) is 3.44. The predicted molar refractivity (Wildman–Crippen MR) is 81.4 cm³/mol. The Bertz CT molecular complexity index is 554. The number of nitrogens with zero attached hydrogens (tertiary/aromatic N) is 1. The molecule has 0 atom stereocenters. The molecule has 1 heterocycles. The molecule has 0 aromatic heterocycles. The smallest absolute Gasteiger partial charge is 0.321 e. The molecule has 0 bridgehead atoms. The fourth-order valence-electron chi connectivity index (χ4n) is 2.32. The molecule has 1 aliphatic heterocycles. The van der Waals surface area contributed by atoms with E-state index >= 15 is 0 Å². The van der Waals surface area contributed by atoms with Crippen LogP contribution < -0.4 is 11.1 Å². The van der Waals surface area contributed by atoms with Gasteiger partial charge >= 0.3 is 6.03 Å². The number of nitrogens with two attached hydrogens (primary N) is 1. The third-order valence-electron chi connectivity index (χ3n) is 3.44. The molecule has 5 heteroatoms. The first-order valence-electron chi connectivity index (χ1n) is 7.25. The van der Waals surface area contributed by atoms with Gasteiger partial charge in [0.05, 0.1) is 12.1 Å². The minimum absolute atomic E-state index is 0.169. The van der Waals surface area contributed by atoms with Gasteiger partial charge in [-0.2, -0.15) is 0 Å². The van der Waals surface area contributed by atoms with Crippen molar-refractivity contribution in [3.63, 3.8) is 0 Å². The Kier molecular flexibility index (Phi) is 5.59. The van der Waals surface area contributed by atoms with E-state index in [9.17, 15) is 9.18 Å². The van der Waals surface area contributed by atoms with Crippen LogP contribution in [0.2, 0.25) is 0 Å². The van der Waals surface area contributed by atoms with Crippen molar-refractivity contribution in [1.29, 1.82) is 0 Å². The predicted octanol–water partition coefficient (Wildman–Crippen LogP) is 2.54. The molecule has 1 aliphatic rings. The normalized spacial score (nSPS) is 14.9. The molecule has 1 saturated heterocycles. The molecule has 1 aromatic rings. The lowest BCUT2D eigenvalue weighted by molar-refractivity contribution is 0.214. The van der Waals surface area contributed by atoms with E-state index in [1.807, 2.05) is 0 Å². The Balaban J connectivity index is 2.02. The highest BCUT2D eigenvalue weighted by molar-refractivity contribution is 5.89. The average Bonchev–Trinajstić information content (AvgIpc) is 2.75. The number of rotatable bonds is 1. The number of halogens is 1. The van der Waals surface area contributed by atoms with Crippen molar-refractivity contribution >= 4 is 11.7 Å². The van der Waals surface area contributed by atoms with Crippen LogP contribution in [0.15, 0.2) is 18.2 Å². The molecule has 0 unspecified atom stereocenters. The van der Waals surface area contributed by atoms with Crippen molar-refractivity contribution in [3.05, 3.63) is 29.6 Å². The van der Waals surface area contributed by atoms with Crippen molar-refractivity contribution < 1.29 is 9.18 Å². The third kappa shape index (κ3) is 4.47. The number of likely N-dealkylation sites (tertiary alicyclic amines) is 1. The van der Waals surface area contributed by atoms with Crippen LogP contribution in [0.4, 0.5) is 14.9 Å². The van der Waals surface area contributed by atoms with Crippen molar-refractivity contribution in [1.82, 2.24) is 4.90 Å². The average molecular weight is 289 g/mol. The Morgan fingerprint density at radius 2 is 2.00 bits per heavy atom. The number of hydrogen-bond donors (Lipinski definition) is 2. The van der Waals surface area contributed by atoms with Crippen molar-refractivity contribution in [3.8, 4) is 11.8 Å². The summed E-state index contributed by atoms with van der Waals surface area (Å²) in [7, 11) is 0. The Labute approximate surface area is 124 Å². The van der Waals surface area contributed by atoms with Gasteiger partial charge in [0, 0.05) is 18.8 Å². The minimum Gasteiger partial charge on any atom is -0.325 e. The number of carbonyl (C=O) groups excluding carboxylic acids is 1. The maximum Gasteiger partial charge on any atom is 0.321 e. The van der Waals surface area contributed by atoms with Gasteiger partial charge in [0.1, 0.15) is 5.82 Å². The van der Waals surface area contributed by atoms with E-state index in [-0.39, 0.29) is 18.1 Å². The molecular formula is C16H20FN3O. The molecule has 0 saturated carbocycles. The number of anilines is 1. The largest absolute Gasteiger partial charge is 0.325 e. The first-order valence-corrected chi connectivity index (χ1v) is 7.25. The van der Waals surface area contributed by atoms with Crippen LogP contribution in [0, 0.1) is 17.7 Å². The van der Waals surface area contributed by atoms with E-state index < -0.39 is 5.82 Å². The molecular weight excluding hydrogens is 269 g/mol. The van der Waals surface area contributed by atoms with Crippen molar-refractivity contribution in [2.45, 2.75) is 25.7 Å². The second kappa shape index (κ2) is 7.65. The van der Waals surface area contributed by atoms with E-state index in [1.165, 1.54) is 6.07 Å². The zero-order valence-corrected chi connectivity index (χ0v) is 12.0. The summed E-state index contributed by atoms with van der Waals surface area (Å²) >= 11 is 0. The quantitative estimate of drug-likeness (QED) is 0.781. The molecule has 0 spiro atoms. The molecule has 21 heavy (non-hydrogen) atoms. The molecule has 1 fully saturated rings. The van der Waals surface area contributed by atoms with Crippen LogP contribution in [-0.2, 0) is 0 Å². The zero-order valence-electron chi connectivity index (χ0n) is 12.0. The molecule has 3 N–H and O–H groups in total. The van der Waals surface area contributed by atoms with Crippen LogP contribution >= 0.6 is 0 Å². The van der Waals surface area contributed by atoms with Gasteiger partial charge in [0.25, 0.3) is 0 Å². The fraction of sp³-hybridized carbons (Fsp3) is 0.438. The monoisotopic (exact) mass is 289 g/mol. The van der Waals surface area contributed by atoms with Gasteiger partial charge < -0.3 is 16.0 Å². The lowest BCUT2D eigenvalue weighted by Crippen LogP contribution is -2.35. The molecule has 2 amide bonds. The Hall–Kier alpha value is -2.06. The summed E-state index contributed by atoms with van der Waals surface area (Å²) in [5.74, 6) is 4.80. The fourth-order valence-corrected chi connectivity index (χ4v) is 2.32. The van der Waals surface area contributed by atoms with E-state index in [0.717, 1.165) is 38.8 Å². The number of benzene rings is 1. The zero-order chi connectivity index (χ0) is 15.1. The highest BCUT2D eigenvalue weighted by Crippen LogP contribution is 2.16. The van der Waals surface area contributed by atoms with E-state index in [1.54, 1.807) is 17.0 Å². The van der Waals surface area contributed by atoms with Gasteiger partial charge in [-0.1, -0.05) is 24.7 Å². The van der Waals surface area contributed by atoms with E-state index in [4.69, 9.17) is 5.73 Å². The summed E-state index contributed by atoms with van der Waals surface area (Å²) in [4.78, 5) is 13.9. The number of nitrogens with one attached hydrogen (secondary N) is 1. The molecule has 112 valence electrons. The maximum absolute atomic E-state index is 13.8. The van der Waals surface area contributed by atoms with Gasteiger partial charge in [0.2, 0.25) is 0 Å². The standard InChI is InChI=1S/C16H20FN3O/c17-15-12-14(8-7-13(15)6-5-9-18)19-16(21)20-10-3-1-2-4-11-20/h7-8,12H,1-4,9-11,18H2,(H,19,21). The summed E-state index contributed by atoms with van der Waals surface area (Å²) < 4.78 is 13.8. The van der Waals surface area contributed by atoms with E-state index in [0.29, 0.717) is 5.69 Å². The summed E-state index contributed by atoms with van der Waals surface area (Å²) in [6.07, 6.45) is 4.37. The van der Waals surface area contributed by atoms with Crippen LogP contribution in [0.1, 0.15) is 31.2 Å². The molecule has 0 aliphatic carbocycles. The van der Waals surface area contributed by atoms with Gasteiger partial charge in [0.15, 0.2) is 0 Å². The van der Waals surface area contributed by atoms with Crippen LogP contribution in [0.3, 0.4) is 0 Å². The Morgan fingerprint density at radius 1 is 1.29 bits per heavy atom. The number of amides is 2. The van der Waals surface area contributed by atoms with Gasteiger partial charge in [-0.3, -0.25) is 0 Å². The van der Waals surface area contributed by atoms with E-state index in [2.05, 4.69) is 17.2 Å². The molecule has 0 radical (unpaired) electrons. The topological polar surface area (TPSA) is 58.4 Å². The number of hydrogen-bond acceptors (Lipinski definition) is 2. The van der Waals surface area contributed by atoms with Crippen molar-refractivity contribution in [2.75, 3.05) is 25.0 Å². The maximum atomic E-state index is 13.8. The molecule has 2 rings (SSSR count). The number of carbonyl (C=O) groups is 1. The van der Waals surface area contributed by atoms with Gasteiger partial charge in [-0.25, -0.2) is 9.18 Å². The molecule has 1 aromatic carbocycles. The SMILES string of the molecule is NCC#Cc1ccc(NC(=O)N2CCCCCC2)cc1F. The summed E-state index contributed by atoms with van der Waals surface area (Å²) in [6.45, 7) is 1.70. The summed E-state index contributed by atoms with van der Waals surface area (Å²) in [5, 5.41) is 2.74. The van der Waals surface area contributed by atoms with Crippen LogP contribution in [0.5, 0.6) is 0 Å². The second-order valence-corrected chi connectivity index (χ2v) is 5.03.